The van der Waals surface area contributed by atoms with Crippen LogP contribution in [0.1, 0.15) is 73.1 Å². The Balaban J connectivity index is 1.50. The molecule has 1 saturated heterocycles. The van der Waals surface area contributed by atoms with Crippen molar-refractivity contribution in [2.75, 3.05) is 0 Å². The summed E-state index contributed by atoms with van der Waals surface area (Å²) in [4.78, 5) is 50.2. The third kappa shape index (κ3) is 2.89. The van der Waals surface area contributed by atoms with Gasteiger partial charge in [-0.05, 0) is 73.7 Å². The third-order valence-corrected chi connectivity index (χ3v) is 11.3. The van der Waals surface area contributed by atoms with Gasteiger partial charge in [-0.1, -0.05) is 37.6 Å². The lowest BCUT2D eigenvalue weighted by molar-refractivity contribution is -0.174. The maximum Gasteiger partial charge on any atom is 0.318 e. The summed E-state index contributed by atoms with van der Waals surface area (Å²) < 4.78 is 16.4. The minimum atomic E-state index is -0.621. The number of hydrogen-bond acceptors (Lipinski definition) is 7. The Morgan fingerprint density at radius 3 is 2.43 bits per heavy atom. The van der Waals surface area contributed by atoms with Gasteiger partial charge in [-0.2, -0.15) is 0 Å². The average Bonchev–Trinajstić information content (AvgIpc) is 3.34. The molecule has 4 fully saturated rings. The van der Waals surface area contributed by atoms with E-state index in [1.807, 2.05) is 6.92 Å². The van der Waals surface area contributed by atoms with E-state index in [1.54, 1.807) is 6.26 Å². The van der Waals surface area contributed by atoms with Gasteiger partial charge < -0.3 is 14.2 Å². The molecule has 7 aliphatic rings. The second-order valence-corrected chi connectivity index (χ2v) is 12.8. The monoisotopic (exact) mass is 508 g/mol. The molecule has 6 aliphatic carbocycles. The van der Waals surface area contributed by atoms with E-state index in [1.165, 1.54) is 19.4 Å². The second kappa shape index (κ2) is 7.67. The van der Waals surface area contributed by atoms with Crippen molar-refractivity contribution in [2.24, 2.45) is 45.3 Å². The van der Waals surface area contributed by atoms with E-state index in [0.29, 0.717) is 6.42 Å². The first kappa shape index (κ1) is 24.6. The number of ether oxygens (including phenoxy) is 3. The molecule has 7 rings (SSSR count). The Labute approximate surface area is 217 Å². The minimum absolute atomic E-state index is 0.147. The fourth-order valence-corrected chi connectivity index (χ4v) is 10.1. The van der Waals surface area contributed by atoms with Crippen LogP contribution in [-0.4, -0.2) is 30.0 Å². The van der Waals surface area contributed by atoms with Gasteiger partial charge in [-0.15, -0.1) is 0 Å². The van der Waals surface area contributed by atoms with Gasteiger partial charge in [0.25, 0.3) is 0 Å². The van der Waals surface area contributed by atoms with Gasteiger partial charge in [-0.3, -0.25) is 19.2 Å². The summed E-state index contributed by atoms with van der Waals surface area (Å²) in [7, 11) is 0. The predicted molar refractivity (Wildman–Crippen MR) is 132 cm³/mol. The highest BCUT2D eigenvalue weighted by Crippen LogP contribution is 2.80. The Kier molecular flexibility index (Phi) is 5.11. The number of carbonyl (C=O) groups excluding carboxylic acids is 4. The zero-order chi connectivity index (χ0) is 26.5. The van der Waals surface area contributed by atoms with Gasteiger partial charge in [-0.25, -0.2) is 0 Å². The molecule has 0 N–H and O–H groups in total. The molecule has 1 heterocycles. The van der Waals surface area contributed by atoms with E-state index in [4.69, 9.17) is 14.2 Å². The second-order valence-electron chi connectivity index (χ2n) is 12.8. The molecule has 0 aromatic carbocycles. The molecule has 0 radical (unpaired) electrons. The lowest BCUT2D eigenvalue weighted by Gasteiger charge is -2.71. The number of fused-ring (bicyclic) bond motifs is 1. The van der Waals surface area contributed by atoms with Crippen molar-refractivity contribution >= 4 is 23.9 Å². The predicted octanol–water partition coefficient (Wildman–Crippen LogP) is 4.81. The van der Waals surface area contributed by atoms with Crippen LogP contribution < -0.4 is 0 Å². The maximum atomic E-state index is 13.5. The van der Waals surface area contributed by atoms with Gasteiger partial charge in [0, 0.05) is 24.7 Å². The normalized spacial score (nSPS) is 47.3. The van der Waals surface area contributed by atoms with Crippen molar-refractivity contribution in [1.82, 2.24) is 0 Å². The van der Waals surface area contributed by atoms with E-state index in [-0.39, 0.29) is 40.7 Å². The van der Waals surface area contributed by atoms with Crippen LogP contribution in [0.3, 0.4) is 0 Å². The van der Waals surface area contributed by atoms with Crippen LogP contribution in [0.5, 0.6) is 0 Å². The first-order valence-corrected chi connectivity index (χ1v) is 13.6. The molecule has 0 amide bonds. The first-order valence-electron chi connectivity index (χ1n) is 13.6. The molecule has 9 atom stereocenters. The van der Waals surface area contributed by atoms with E-state index in [2.05, 4.69) is 32.1 Å². The first-order chi connectivity index (χ1) is 17.4. The Hall–Kier alpha value is -2.70. The molecule has 2 bridgehead atoms. The average molecular weight is 509 g/mol. The van der Waals surface area contributed by atoms with E-state index < -0.39 is 34.6 Å². The molecular weight excluding hydrogens is 472 g/mol. The number of cyclic esters (lactones) is 2. The summed E-state index contributed by atoms with van der Waals surface area (Å²) in [5, 5.41) is 0. The Bertz CT molecular complexity index is 1210. The maximum absolute atomic E-state index is 13.5. The minimum Gasteiger partial charge on any atom is -0.463 e. The van der Waals surface area contributed by atoms with Crippen LogP contribution >= 0.6 is 0 Å². The van der Waals surface area contributed by atoms with Gasteiger partial charge in [0.1, 0.15) is 6.10 Å². The molecule has 9 unspecified atom stereocenters. The van der Waals surface area contributed by atoms with E-state index >= 15 is 0 Å². The van der Waals surface area contributed by atoms with Gasteiger partial charge in [0.2, 0.25) is 0 Å². The molecule has 1 aliphatic heterocycles. The topological polar surface area (TPSA) is 96.0 Å². The quantitative estimate of drug-likeness (QED) is 0.177. The highest BCUT2D eigenvalue weighted by molar-refractivity contribution is 5.99. The zero-order valence-electron chi connectivity index (χ0n) is 22.3. The smallest absolute Gasteiger partial charge is 0.318 e. The van der Waals surface area contributed by atoms with Crippen LogP contribution in [0.2, 0.25) is 0 Å². The lowest BCUT2D eigenvalue weighted by Crippen LogP contribution is -2.68. The summed E-state index contributed by atoms with van der Waals surface area (Å²) in [6.07, 6.45) is 12.9. The van der Waals surface area contributed by atoms with Crippen LogP contribution in [0.15, 0.2) is 35.6 Å². The van der Waals surface area contributed by atoms with Crippen molar-refractivity contribution in [3.05, 3.63) is 35.6 Å². The van der Waals surface area contributed by atoms with Crippen molar-refractivity contribution < 1.29 is 33.4 Å². The summed E-state index contributed by atoms with van der Waals surface area (Å²) in [5.74, 6) is -2.31. The summed E-state index contributed by atoms with van der Waals surface area (Å²) in [6, 6.07) is 0. The zero-order valence-corrected chi connectivity index (χ0v) is 22.3. The number of hydrogen-bond donors (Lipinski definition) is 0. The summed E-state index contributed by atoms with van der Waals surface area (Å²) in [5.41, 5.74) is 0.625. The van der Waals surface area contributed by atoms with Gasteiger partial charge >= 0.3 is 23.9 Å². The summed E-state index contributed by atoms with van der Waals surface area (Å²) in [6.45, 7) is 9.40. The fraction of sp³-hybridized carbons (Fsp3) is 0.667. The molecular formula is C30H36O7. The number of esters is 4. The van der Waals surface area contributed by atoms with Crippen LogP contribution in [0.25, 0.3) is 0 Å². The number of carbonyl (C=O) groups is 4. The SMILES string of the molecule is CC(=O)OC=C(C)C1CCC2C1(C)CC=C1C23C=CC2(CC(OC(C)=O)CCC12C)C1C(=O)OC(=O)C13. The van der Waals surface area contributed by atoms with Crippen molar-refractivity contribution in [1.29, 1.82) is 0 Å². The molecule has 7 heteroatoms. The molecule has 0 aromatic rings. The number of rotatable bonds is 3. The molecule has 3 saturated carbocycles. The van der Waals surface area contributed by atoms with Gasteiger partial charge in [0.15, 0.2) is 0 Å². The molecule has 0 aromatic heterocycles. The summed E-state index contributed by atoms with van der Waals surface area (Å²) >= 11 is 0. The van der Waals surface area contributed by atoms with E-state index in [0.717, 1.165) is 37.7 Å². The van der Waals surface area contributed by atoms with Crippen LogP contribution in [-0.2, 0) is 33.4 Å². The standard InChI is InChI=1S/C30H36O7/c1-16(15-35-17(2)31)20-6-7-21-27(20,4)10-9-22-28(5)11-8-19(36-18(3)32)14-29(28)12-13-30(21,22)24-23(29)25(33)37-26(24)34/h9,12-13,15,19-21,23-24H,6-8,10-11,14H2,1-5H3. The van der Waals surface area contributed by atoms with Crippen LogP contribution in [0, 0.1) is 45.3 Å². The van der Waals surface area contributed by atoms with Crippen molar-refractivity contribution in [2.45, 2.75) is 79.2 Å². The molecule has 198 valence electrons. The third-order valence-electron chi connectivity index (χ3n) is 11.3. The van der Waals surface area contributed by atoms with Crippen LogP contribution in [0.4, 0.5) is 0 Å². The lowest BCUT2D eigenvalue weighted by atomic mass is 9.31. The largest absolute Gasteiger partial charge is 0.463 e. The Morgan fingerprint density at radius 1 is 1.00 bits per heavy atom. The molecule has 7 nitrogen and oxygen atoms in total. The molecule has 37 heavy (non-hydrogen) atoms. The van der Waals surface area contributed by atoms with Crippen molar-refractivity contribution in [3.8, 4) is 0 Å². The molecule has 2 spiro atoms. The van der Waals surface area contributed by atoms with E-state index in [9.17, 15) is 19.2 Å². The fourth-order valence-electron chi connectivity index (χ4n) is 10.1. The Morgan fingerprint density at radius 2 is 1.73 bits per heavy atom. The van der Waals surface area contributed by atoms with Gasteiger partial charge in [0.05, 0.1) is 18.1 Å². The number of allylic oxidation sites excluding steroid dienone is 5. The highest BCUT2D eigenvalue weighted by Gasteiger charge is 2.79. The highest BCUT2D eigenvalue weighted by atomic mass is 16.6. The van der Waals surface area contributed by atoms with Crippen molar-refractivity contribution in [3.63, 3.8) is 0 Å².